The van der Waals surface area contributed by atoms with Gasteiger partial charge in [0.1, 0.15) is 5.57 Å². The summed E-state index contributed by atoms with van der Waals surface area (Å²) in [4.78, 5) is 57.6. The van der Waals surface area contributed by atoms with Crippen molar-refractivity contribution in [1.29, 1.82) is 0 Å². The number of amides is 5. The zero-order valence-electron chi connectivity index (χ0n) is 21.9. The van der Waals surface area contributed by atoms with Crippen LogP contribution >= 0.6 is 0 Å². The molecule has 37 heavy (non-hydrogen) atoms. The van der Waals surface area contributed by atoms with Gasteiger partial charge in [-0.15, -0.1) is 0 Å². The van der Waals surface area contributed by atoms with Crippen molar-refractivity contribution in [2.75, 3.05) is 0 Å². The summed E-state index contributed by atoms with van der Waals surface area (Å²) >= 11 is 0. The SMILES string of the molecule is CC(C)C(=O)N1NC(=C2C(=O)N(C3CCCCC3)C(=O)N(C3CCCCC3)C2=O)CC1c1ccccc1. The van der Waals surface area contributed by atoms with Gasteiger partial charge >= 0.3 is 6.03 Å². The highest BCUT2D eigenvalue weighted by molar-refractivity contribution is 6.29. The number of barbiturate groups is 1. The van der Waals surface area contributed by atoms with Crippen molar-refractivity contribution in [2.24, 2.45) is 5.92 Å². The van der Waals surface area contributed by atoms with E-state index < -0.39 is 17.8 Å². The fourth-order valence-electron chi connectivity index (χ4n) is 6.34. The minimum atomic E-state index is -0.512. The predicted molar refractivity (Wildman–Crippen MR) is 138 cm³/mol. The van der Waals surface area contributed by atoms with E-state index in [1.807, 2.05) is 44.2 Å². The molecule has 198 valence electrons. The average Bonchev–Trinajstić information content (AvgIpc) is 3.34. The molecule has 2 aliphatic heterocycles. The molecule has 5 amide bonds. The Bertz CT molecular complexity index is 1040. The van der Waals surface area contributed by atoms with Crippen LogP contribution in [0.3, 0.4) is 0 Å². The maximum Gasteiger partial charge on any atom is 0.334 e. The average molecular weight is 507 g/mol. The largest absolute Gasteiger partial charge is 0.334 e. The molecule has 0 radical (unpaired) electrons. The van der Waals surface area contributed by atoms with E-state index in [0.29, 0.717) is 12.1 Å². The van der Waals surface area contributed by atoms with Crippen molar-refractivity contribution >= 4 is 23.8 Å². The summed E-state index contributed by atoms with van der Waals surface area (Å²) in [6, 6.07) is 8.49. The molecule has 4 aliphatic rings. The predicted octanol–water partition coefficient (Wildman–Crippen LogP) is 4.83. The van der Waals surface area contributed by atoms with E-state index in [1.165, 1.54) is 9.80 Å². The van der Waals surface area contributed by atoms with Crippen LogP contribution in [0, 0.1) is 5.92 Å². The van der Waals surface area contributed by atoms with Crippen LogP contribution in [-0.2, 0) is 14.4 Å². The third-order valence-electron chi connectivity index (χ3n) is 8.34. The third kappa shape index (κ3) is 4.78. The highest BCUT2D eigenvalue weighted by Crippen LogP contribution is 2.38. The zero-order chi connectivity index (χ0) is 26.1. The quantitative estimate of drug-likeness (QED) is 0.467. The van der Waals surface area contributed by atoms with Gasteiger partial charge in [0.25, 0.3) is 11.8 Å². The molecule has 0 bridgehead atoms. The van der Waals surface area contributed by atoms with Gasteiger partial charge in [-0.3, -0.25) is 29.6 Å². The van der Waals surface area contributed by atoms with Crippen molar-refractivity contribution in [3.63, 3.8) is 0 Å². The summed E-state index contributed by atoms with van der Waals surface area (Å²) < 4.78 is 0. The van der Waals surface area contributed by atoms with Gasteiger partial charge in [-0.25, -0.2) is 9.80 Å². The summed E-state index contributed by atoms with van der Waals surface area (Å²) in [5, 5.41) is 1.56. The molecule has 0 spiro atoms. The van der Waals surface area contributed by atoms with Crippen LogP contribution < -0.4 is 5.43 Å². The normalized spacial score (nSPS) is 24.4. The Labute approximate surface area is 219 Å². The first kappa shape index (κ1) is 25.5. The maximum absolute atomic E-state index is 14.0. The van der Waals surface area contributed by atoms with E-state index >= 15 is 0 Å². The van der Waals surface area contributed by atoms with Gasteiger partial charge in [-0.1, -0.05) is 82.7 Å². The van der Waals surface area contributed by atoms with E-state index in [9.17, 15) is 19.2 Å². The van der Waals surface area contributed by atoms with Crippen LogP contribution in [0.5, 0.6) is 0 Å². The van der Waals surface area contributed by atoms with Gasteiger partial charge in [0.05, 0.1) is 11.7 Å². The number of hydrogen-bond donors (Lipinski definition) is 1. The Morgan fingerprint density at radius 2 is 1.32 bits per heavy atom. The van der Waals surface area contributed by atoms with E-state index in [0.717, 1.165) is 69.8 Å². The lowest BCUT2D eigenvalue weighted by Gasteiger charge is -2.43. The van der Waals surface area contributed by atoms with Crippen LogP contribution in [0.25, 0.3) is 0 Å². The fraction of sp³-hybridized carbons (Fsp3) is 0.586. The molecule has 8 heteroatoms. The van der Waals surface area contributed by atoms with Crippen molar-refractivity contribution in [1.82, 2.24) is 20.2 Å². The molecule has 4 fully saturated rings. The first-order chi connectivity index (χ1) is 17.9. The van der Waals surface area contributed by atoms with Gasteiger partial charge in [-0.05, 0) is 31.2 Å². The Balaban J connectivity index is 1.57. The molecule has 2 saturated heterocycles. The van der Waals surface area contributed by atoms with E-state index in [1.54, 1.807) is 5.01 Å². The maximum atomic E-state index is 14.0. The monoisotopic (exact) mass is 506 g/mol. The van der Waals surface area contributed by atoms with Crippen molar-refractivity contribution < 1.29 is 19.2 Å². The van der Waals surface area contributed by atoms with Crippen molar-refractivity contribution in [2.45, 2.75) is 103 Å². The Hall–Kier alpha value is -3.16. The van der Waals surface area contributed by atoms with Gasteiger partial charge in [-0.2, -0.15) is 0 Å². The second-order valence-corrected chi connectivity index (χ2v) is 11.2. The standard InChI is InChI=1S/C29H38N4O4/c1-19(2)26(34)33-24(20-12-6-3-7-13-20)18-23(30-33)25-27(35)31(21-14-8-4-9-15-21)29(37)32(28(25)36)22-16-10-5-11-17-22/h3,6-7,12-13,19,21-22,24,30H,4-5,8-11,14-18H2,1-2H3. The molecule has 1 atom stereocenters. The van der Waals surface area contributed by atoms with E-state index in [4.69, 9.17) is 0 Å². The second-order valence-electron chi connectivity index (χ2n) is 11.2. The van der Waals surface area contributed by atoms with Crippen molar-refractivity contribution in [3.05, 3.63) is 47.2 Å². The molecule has 1 N–H and O–H groups in total. The molecule has 0 aromatic heterocycles. The van der Waals surface area contributed by atoms with E-state index in [-0.39, 0.29) is 35.5 Å². The van der Waals surface area contributed by atoms with Gasteiger partial charge in [0, 0.05) is 24.4 Å². The summed E-state index contributed by atoms with van der Waals surface area (Å²) in [5.74, 6) is -1.39. The third-order valence-corrected chi connectivity index (χ3v) is 8.34. The van der Waals surface area contributed by atoms with E-state index in [2.05, 4.69) is 5.43 Å². The number of benzene rings is 1. The van der Waals surface area contributed by atoms with Crippen LogP contribution in [0.1, 0.15) is 96.1 Å². The summed E-state index contributed by atoms with van der Waals surface area (Å²) in [7, 11) is 0. The summed E-state index contributed by atoms with van der Waals surface area (Å²) in [6.45, 7) is 3.67. The first-order valence-electron chi connectivity index (χ1n) is 14.0. The minimum absolute atomic E-state index is 0.0238. The second kappa shape index (κ2) is 10.7. The van der Waals surface area contributed by atoms with Crippen LogP contribution in [0.4, 0.5) is 4.79 Å². The molecular formula is C29H38N4O4. The lowest BCUT2D eigenvalue weighted by atomic mass is 9.90. The summed E-state index contributed by atoms with van der Waals surface area (Å²) in [6.07, 6.45) is 9.46. The minimum Gasteiger partial charge on any atom is -0.298 e. The lowest BCUT2D eigenvalue weighted by Crippen LogP contribution is -2.63. The molecule has 2 aliphatic carbocycles. The number of nitrogens with zero attached hydrogens (tertiary/aromatic N) is 3. The molecule has 1 unspecified atom stereocenters. The molecule has 1 aromatic rings. The van der Waals surface area contributed by atoms with Gasteiger partial charge < -0.3 is 0 Å². The zero-order valence-corrected chi connectivity index (χ0v) is 21.9. The first-order valence-corrected chi connectivity index (χ1v) is 14.0. The number of nitrogens with one attached hydrogen (secondary N) is 1. The molecular weight excluding hydrogens is 468 g/mol. The number of carbonyl (C=O) groups is 4. The lowest BCUT2D eigenvalue weighted by molar-refractivity contribution is -0.141. The van der Waals surface area contributed by atoms with Crippen LogP contribution in [-0.4, -0.2) is 50.6 Å². The Kier molecular flexibility index (Phi) is 7.36. The Morgan fingerprint density at radius 3 is 1.81 bits per heavy atom. The molecule has 5 rings (SSSR count). The number of hydrazine groups is 1. The smallest absolute Gasteiger partial charge is 0.298 e. The number of carbonyl (C=O) groups excluding carboxylic acids is 4. The highest BCUT2D eigenvalue weighted by atomic mass is 16.2. The van der Waals surface area contributed by atoms with Crippen LogP contribution in [0.15, 0.2) is 41.6 Å². The Morgan fingerprint density at radius 1 is 0.811 bits per heavy atom. The van der Waals surface area contributed by atoms with Crippen LogP contribution in [0.2, 0.25) is 0 Å². The molecule has 8 nitrogen and oxygen atoms in total. The molecule has 2 heterocycles. The number of hydrogen-bond acceptors (Lipinski definition) is 5. The number of imide groups is 2. The van der Waals surface area contributed by atoms with Gasteiger partial charge in [0.2, 0.25) is 5.91 Å². The topological polar surface area (TPSA) is 90.0 Å². The number of rotatable bonds is 4. The van der Waals surface area contributed by atoms with Crippen molar-refractivity contribution in [3.8, 4) is 0 Å². The number of urea groups is 1. The van der Waals surface area contributed by atoms with Gasteiger partial charge in [0.15, 0.2) is 0 Å². The highest BCUT2D eigenvalue weighted by Gasteiger charge is 2.50. The molecule has 1 aromatic carbocycles. The molecule has 2 saturated carbocycles. The fourth-order valence-corrected chi connectivity index (χ4v) is 6.34. The summed E-state index contributed by atoms with van der Waals surface area (Å²) in [5.41, 5.74) is 4.56.